The van der Waals surface area contributed by atoms with Crippen molar-refractivity contribution in [3.05, 3.63) is 30.1 Å². The Hall–Kier alpha value is -1.58. The van der Waals surface area contributed by atoms with Crippen LogP contribution in [0.3, 0.4) is 0 Å². The number of rotatable bonds is 7. The fraction of sp³-hybridized carbons (Fsp3) is 0.533. The van der Waals surface area contributed by atoms with Gasteiger partial charge in [-0.05, 0) is 43.5 Å². The predicted octanol–water partition coefficient (Wildman–Crippen LogP) is 3.29. The van der Waals surface area contributed by atoms with Crippen LogP contribution in [-0.2, 0) is 4.79 Å². The van der Waals surface area contributed by atoms with Crippen molar-refractivity contribution in [1.82, 2.24) is 5.32 Å². The van der Waals surface area contributed by atoms with Crippen molar-refractivity contribution in [3.63, 3.8) is 0 Å². The quantitative estimate of drug-likeness (QED) is 0.823. The number of benzene rings is 1. The van der Waals surface area contributed by atoms with Gasteiger partial charge < -0.3 is 10.1 Å². The minimum atomic E-state index is -0.536. The SMILES string of the molecule is CCC(CC)NC(=O)C(CC)Oc1ccc(F)cc1. The van der Waals surface area contributed by atoms with E-state index in [1.54, 1.807) is 0 Å². The third kappa shape index (κ3) is 4.89. The first-order valence-electron chi connectivity index (χ1n) is 6.83. The van der Waals surface area contributed by atoms with E-state index in [4.69, 9.17) is 4.74 Å². The smallest absolute Gasteiger partial charge is 0.261 e. The molecule has 4 heteroatoms. The van der Waals surface area contributed by atoms with Gasteiger partial charge >= 0.3 is 0 Å². The highest BCUT2D eigenvalue weighted by molar-refractivity contribution is 5.81. The predicted molar refractivity (Wildman–Crippen MR) is 73.6 cm³/mol. The number of hydrogen-bond donors (Lipinski definition) is 1. The van der Waals surface area contributed by atoms with Gasteiger partial charge in [0.25, 0.3) is 5.91 Å². The topological polar surface area (TPSA) is 38.3 Å². The van der Waals surface area contributed by atoms with Crippen molar-refractivity contribution >= 4 is 5.91 Å². The number of carbonyl (C=O) groups is 1. The summed E-state index contributed by atoms with van der Waals surface area (Å²) in [4.78, 5) is 12.1. The van der Waals surface area contributed by atoms with Crippen LogP contribution in [0, 0.1) is 5.82 Å². The lowest BCUT2D eigenvalue weighted by Gasteiger charge is -2.21. The summed E-state index contributed by atoms with van der Waals surface area (Å²) in [6.45, 7) is 5.97. The first-order valence-corrected chi connectivity index (χ1v) is 6.83. The molecule has 1 atom stereocenters. The Balaban J connectivity index is 2.62. The van der Waals surface area contributed by atoms with Crippen molar-refractivity contribution in [3.8, 4) is 5.75 Å². The highest BCUT2D eigenvalue weighted by Crippen LogP contribution is 2.14. The zero-order chi connectivity index (χ0) is 14.3. The van der Waals surface area contributed by atoms with Crippen molar-refractivity contribution in [2.24, 2.45) is 0 Å². The van der Waals surface area contributed by atoms with E-state index >= 15 is 0 Å². The first-order chi connectivity index (χ1) is 9.10. The molecule has 3 nitrogen and oxygen atoms in total. The number of carbonyl (C=O) groups excluding carboxylic acids is 1. The molecule has 0 spiro atoms. The third-order valence-electron chi connectivity index (χ3n) is 3.09. The van der Waals surface area contributed by atoms with Gasteiger partial charge in [-0.1, -0.05) is 20.8 Å². The molecule has 0 aliphatic rings. The van der Waals surface area contributed by atoms with Gasteiger partial charge in [0, 0.05) is 6.04 Å². The molecule has 0 heterocycles. The molecule has 106 valence electrons. The van der Waals surface area contributed by atoms with Gasteiger partial charge in [-0.3, -0.25) is 4.79 Å². The Morgan fingerprint density at radius 2 is 1.74 bits per heavy atom. The molecule has 19 heavy (non-hydrogen) atoms. The molecule has 1 amide bonds. The lowest BCUT2D eigenvalue weighted by atomic mass is 10.1. The number of hydrogen-bond acceptors (Lipinski definition) is 2. The van der Waals surface area contributed by atoms with E-state index in [1.165, 1.54) is 24.3 Å². The highest BCUT2D eigenvalue weighted by atomic mass is 19.1. The van der Waals surface area contributed by atoms with Gasteiger partial charge in [0.1, 0.15) is 11.6 Å². The minimum absolute atomic E-state index is 0.111. The molecular formula is C15H22FNO2. The molecule has 1 N–H and O–H groups in total. The van der Waals surface area contributed by atoms with Gasteiger partial charge in [0.2, 0.25) is 0 Å². The van der Waals surface area contributed by atoms with Crippen molar-refractivity contribution in [2.45, 2.75) is 52.2 Å². The van der Waals surface area contributed by atoms with Crippen LogP contribution < -0.4 is 10.1 Å². The standard InChI is InChI=1S/C15H22FNO2/c1-4-12(5-2)17-15(18)14(6-3)19-13-9-7-11(16)8-10-13/h7-10,12,14H,4-6H2,1-3H3,(H,17,18). The molecule has 0 bridgehead atoms. The third-order valence-corrected chi connectivity index (χ3v) is 3.09. The summed E-state index contributed by atoms with van der Waals surface area (Å²) in [5, 5.41) is 2.96. The summed E-state index contributed by atoms with van der Waals surface area (Å²) in [5.74, 6) is 0.0790. The number of amides is 1. The largest absolute Gasteiger partial charge is 0.481 e. The van der Waals surface area contributed by atoms with Crippen molar-refractivity contribution in [2.75, 3.05) is 0 Å². The van der Waals surface area contributed by atoms with Gasteiger partial charge in [0.15, 0.2) is 6.10 Å². The summed E-state index contributed by atoms with van der Waals surface area (Å²) in [5.41, 5.74) is 0. The molecule has 0 aliphatic carbocycles. The van der Waals surface area contributed by atoms with E-state index in [9.17, 15) is 9.18 Å². The molecular weight excluding hydrogens is 245 g/mol. The maximum Gasteiger partial charge on any atom is 0.261 e. The van der Waals surface area contributed by atoms with E-state index in [0.717, 1.165) is 12.8 Å². The van der Waals surface area contributed by atoms with Crippen molar-refractivity contribution in [1.29, 1.82) is 0 Å². The van der Waals surface area contributed by atoms with Crippen LogP contribution in [0.25, 0.3) is 0 Å². The lowest BCUT2D eigenvalue weighted by Crippen LogP contribution is -2.43. The molecule has 1 aromatic carbocycles. The minimum Gasteiger partial charge on any atom is -0.481 e. The van der Waals surface area contributed by atoms with Crippen LogP contribution in [0.2, 0.25) is 0 Å². The second-order valence-electron chi connectivity index (χ2n) is 4.49. The van der Waals surface area contributed by atoms with Gasteiger partial charge in [-0.25, -0.2) is 4.39 Å². The van der Waals surface area contributed by atoms with Crippen LogP contribution in [0.15, 0.2) is 24.3 Å². The monoisotopic (exact) mass is 267 g/mol. The molecule has 1 rings (SSSR count). The Kier molecular flexibility index (Phi) is 6.33. The highest BCUT2D eigenvalue weighted by Gasteiger charge is 2.20. The molecule has 0 radical (unpaired) electrons. The fourth-order valence-corrected chi connectivity index (χ4v) is 1.79. The Labute approximate surface area is 114 Å². The Morgan fingerprint density at radius 1 is 1.16 bits per heavy atom. The van der Waals surface area contributed by atoms with E-state index in [-0.39, 0.29) is 17.8 Å². The average Bonchev–Trinajstić information content (AvgIpc) is 2.43. The summed E-state index contributed by atoms with van der Waals surface area (Å²) in [6, 6.07) is 5.88. The molecule has 1 unspecified atom stereocenters. The number of halogens is 1. The number of ether oxygens (including phenoxy) is 1. The molecule has 1 aromatic rings. The summed E-state index contributed by atoms with van der Waals surface area (Å²) < 4.78 is 18.4. The van der Waals surface area contributed by atoms with Crippen LogP contribution in [0.5, 0.6) is 5.75 Å². The average molecular weight is 267 g/mol. The molecule has 0 saturated carbocycles. The first kappa shape index (κ1) is 15.5. The van der Waals surface area contributed by atoms with Crippen molar-refractivity contribution < 1.29 is 13.9 Å². The van der Waals surface area contributed by atoms with Gasteiger partial charge in [0.05, 0.1) is 0 Å². The van der Waals surface area contributed by atoms with E-state index < -0.39 is 6.10 Å². The summed E-state index contributed by atoms with van der Waals surface area (Å²) >= 11 is 0. The van der Waals surface area contributed by atoms with Gasteiger partial charge in [-0.15, -0.1) is 0 Å². The molecule has 0 saturated heterocycles. The van der Waals surface area contributed by atoms with Crippen LogP contribution in [-0.4, -0.2) is 18.1 Å². The molecule has 0 fully saturated rings. The van der Waals surface area contributed by atoms with E-state index in [2.05, 4.69) is 5.32 Å². The fourth-order valence-electron chi connectivity index (χ4n) is 1.79. The zero-order valence-corrected chi connectivity index (χ0v) is 11.8. The van der Waals surface area contributed by atoms with Crippen LogP contribution >= 0.6 is 0 Å². The van der Waals surface area contributed by atoms with Crippen LogP contribution in [0.4, 0.5) is 4.39 Å². The molecule has 0 aliphatic heterocycles. The Bertz CT molecular complexity index is 388. The van der Waals surface area contributed by atoms with Gasteiger partial charge in [-0.2, -0.15) is 0 Å². The molecule has 0 aromatic heterocycles. The lowest BCUT2D eigenvalue weighted by molar-refractivity contribution is -0.128. The number of nitrogens with one attached hydrogen (secondary N) is 1. The normalized spacial score (nSPS) is 12.3. The van der Waals surface area contributed by atoms with E-state index in [0.29, 0.717) is 12.2 Å². The summed E-state index contributed by atoms with van der Waals surface area (Å²) in [7, 11) is 0. The maximum absolute atomic E-state index is 12.8. The Morgan fingerprint density at radius 3 is 2.21 bits per heavy atom. The van der Waals surface area contributed by atoms with E-state index in [1.807, 2.05) is 20.8 Å². The zero-order valence-electron chi connectivity index (χ0n) is 11.8. The second-order valence-corrected chi connectivity index (χ2v) is 4.49. The van der Waals surface area contributed by atoms with Crippen LogP contribution in [0.1, 0.15) is 40.0 Å². The summed E-state index contributed by atoms with van der Waals surface area (Å²) in [6.07, 6.45) is 1.83. The maximum atomic E-state index is 12.8. The second kappa shape index (κ2) is 7.77.